The molecule has 39 heteroatoms. The van der Waals surface area contributed by atoms with Crippen molar-refractivity contribution in [3.05, 3.63) is 29.8 Å². The van der Waals surface area contributed by atoms with Crippen LogP contribution < -0.4 is 47.7 Å². The van der Waals surface area contributed by atoms with Crippen molar-refractivity contribution in [2.24, 2.45) is 0 Å². The third kappa shape index (κ3) is 32.9. The zero-order valence-corrected chi connectivity index (χ0v) is 59.1. The van der Waals surface area contributed by atoms with Gasteiger partial charge in [0.1, 0.15) is 36.3 Å². The summed E-state index contributed by atoms with van der Waals surface area (Å²) in [6, 6.07) is -5.23. The van der Waals surface area contributed by atoms with Gasteiger partial charge in [0.05, 0.1) is 19.6 Å². The van der Waals surface area contributed by atoms with Crippen LogP contribution in [0.5, 0.6) is 0 Å². The van der Waals surface area contributed by atoms with Crippen LogP contribution in [-0.2, 0) is 67.1 Å². The number of aliphatic carboxylic acids is 9. The number of carbonyl (C=O) groups is 16. The Hall–Kier alpha value is -9.47. The maximum atomic E-state index is 17.2. The summed E-state index contributed by atoms with van der Waals surface area (Å²) >= 11 is 0. The average molecular weight is 1470 g/mol. The van der Waals surface area contributed by atoms with E-state index in [-0.39, 0.29) is 122 Å². The first-order valence-electron chi connectivity index (χ1n) is 33.0. The summed E-state index contributed by atoms with van der Waals surface area (Å²) in [6.07, 6.45) is -4.07. The molecular weight excluding hydrogens is 1370 g/mol. The van der Waals surface area contributed by atoms with E-state index in [2.05, 4.69) is 31.9 Å². The SMILES string of the molecule is CC(C)(C)[Si](F)(c1ccc(C(=O)N[C@@H](CNC(=O)CC[C@@H](C(=O)O)N2CCN(CC(=O)O)CCN(CC(=O)O)CCN(CC(=O)O)CC2)C(=O)N[C@H](CCCCNC(=O)CCC(=O)NCCC[C@@H](NC(=O)CC[C@H](NC(=O)N[C@@H](CCC(=O)O)C(=O)O)C(=O)O)C(=O)O)C(=O)O)cc1)C(C)(C)C. The van der Waals surface area contributed by atoms with E-state index in [0.29, 0.717) is 5.19 Å². The number of carboxylic acids is 9. The molecule has 37 nitrogen and oxygen atoms in total. The van der Waals surface area contributed by atoms with Crippen molar-refractivity contribution in [3.63, 3.8) is 0 Å². The number of unbranched alkanes of at least 4 members (excludes halogenated alkanes) is 1. The minimum atomic E-state index is -3.81. The highest BCUT2D eigenvalue weighted by Gasteiger charge is 2.56. The van der Waals surface area contributed by atoms with Crippen molar-refractivity contribution in [2.45, 2.75) is 171 Å². The van der Waals surface area contributed by atoms with Crippen LogP contribution in [0.15, 0.2) is 24.3 Å². The summed E-state index contributed by atoms with van der Waals surface area (Å²) in [6.45, 7) is 8.55. The van der Waals surface area contributed by atoms with Gasteiger partial charge in [0.15, 0.2) is 0 Å². The lowest BCUT2D eigenvalue weighted by molar-refractivity contribution is -0.145. The lowest BCUT2D eigenvalue weighted by Crippen LogP contribution is -2.58. The monoisotopic (exact) mass is 1470 g/mol. The van der Waals surface area contributed by atoms with E-state index in [9.17, 15) is 118 Å². The second kappa shape index (κ2) is 43.4. The topological polar surface area (TPSA) is 564 Å². The highest BCUT2D eigenvalue weighted by Crippen LogP contribution is 2.51. The molecule has 2 rings (SSSR count). The molecule has 8 amide bonds. The molecule has 6 atom stereocenters. The smallest absolute Gasteiger partial charge is 0.326 e. The van der Waals surface area contributed by atoms with Gasteiger partial charge in [-0.3, -0.25) is 72.3 Å². The molecule has 102 heavy (non-hydrogen) atoms. The van der Waals surface area contributed by atoms with Crippen molar-refractivity contribution in [1.29, 1.82) is 0 Å². The van der Waals surface area contributed by atoms with Gasteiger partial charge in [-0.1, -0.05) is 53.7 Å². The van der Waals surface area contributed by atoms with Gasteiger partial charge in [0.25, 0.3) is 14.3 Å². The fourth-order valence-electron chi connectivity index (χ4n) is 11.3. The number of hydrogen-bond acceptors (Lipinski definition) is 20. The molecule has 1 saturated heterocycles. The Balaban J connectivity index is 2.13. The zero-order valence-electron chi connectivity index (χ0n) is 58.1. The maximum Gasteiger partial charge on any atom is 0.326 e. The van der Waals surface area contributed by atoms with E-state index < -0.39 is 208 Å². The van der Waals surface area contributed by atoms with Crippen molar-refractivity contribution >= 4 is 109 Å². The number of rotatable bonds is 43. The number of nitrogens with zero attached hydrogens (tertiary/aromatic N) is 4. The Labute approximate surface area is 588 Å². The lowest BCUT2D eigenvalue weighted by atomic mass is 10.1. The summed E-state index contributed by atoms with van der Waals surface area (Å²) in [5.41, 5.74) is -0.0342. The third-order valence-corrected chi connectivity index (χ3v) is 21.9. The summed E-state index contributed by atoms with van der Waals surface area (Å²) in [7, 11) is -3.81. The average Bonchev–Trinajstić information content (AvgIpc) is 0.748. The fourth-order valence-corrected chi connectivity index (χ4v) is 16.0. The summed E-state index contributed by atoms with van der Waals surface area (Å²) in [4.78, 5) is 204. The van der Waals surface area contributed by atoms with Crippen LogP contribution in [0.4, 0.5) is 8.90 Å². The largest absolute Gasteiger partial charge is 0.481 e. The van der Waals surface area contributed by atoms with Crippen molar-refractivity contribution in [1.82, 2.24) is 62.1 Å². The highest BCUT2D eigenvalue weighted by atomic mass is 28.4. The predicted octanol–water partition coefficient (Wildman–Crippen LogP) is -1.72. The van der Waals surface area contributed by atoms with Crippen LogP contribution in [0.1, 0.15) is 135 Å². The van der Waals surface area contributed by atoms with Gasteiger partial charge in [-0.15, -0.1) is 0 Å². The minimum absolute atomic E-state index is 0.000572. The van der Waals surface area contributed by atoms with Gasteiger partial charge in [0.2, 0.25) is 29.5 Å². The van der Waals surface area contributed by atoms with Crippen molar-refractivity contribution < 1.29 is 127 Å². The number of halogens is 1. The molecule has 0 saturated carbocycles. The summed E-state index contributed by atoms with van der Waals surface area (Å²) in [5.74, 6) is -17.4. The molecule has 0 aromatic heterocycles. The Bertz CT molecular complexity index is 3050. The molecule has 1 aliphatic heterocycles. The lowest BCUT2D eigenvalue weighted by Gasteiger charge is -2.44. The van der Waals surface area contributed by atoms with E-state index in [1.807, 2.05) is 10.6 Å². The number of benzene rings is 1. The van der Waals surface area contributed by atoms with Crippen LogP contribution in [0.25, 0.3) is 0 Å². The standard InChI is InChI=1S/C63H99FN12O25Si/c1-62(2,3)102(64,63(4,5)6)39-14-12-38(13-15-39)54(89)70-44(34-67-48(79)20-18-45(60(99)100)76-32-30-74(36-52(85)86)28-26-73(35-51(83)84)27-29-75(31-33-76)37-53(87)88)55(90)69-41(57(93)94)10-7-8-24-65-46(77)21-22-47(78)66-25-9-11-40(56(91)92)68-49(80)19-16-42(58(95)96)71-61(101)72-43(59(97)98)17-23-50(81)82/h12-15,40-45H,7-11,16-37H2,1-6H3,(H,65,77)(H,66,78)(H,67,79)(H,68,80)(H,69,90)(H,70,89)(H,81,82)(H,83,84)(H,85,86)(H,87,88)(H,91,92)(H,93,94)(H,95,96)(H,97,98)(H,99,100)(H2,71,72,101)/t40-,41-,42+,43+,44+,45+/m1/s1. The molecule has 0 aliphatic carbocycles. The Kier molecular flexibility index (Phi) is 37.7. The predicted molar refractivity (Wildman–Crippen MR) is 359 cm³/mol. The van der Waals surface area contributed by atoms with E-state index in [1.54, 1.807) is 41.5 Å². The molecule has 0 radical (unpaired) electrons. The van der Waals surface area contributed by atoms with E-state index in [1.165, 1.54) is 43.9 Å². The first-order valence-corrected chi connectivity index (χ1v) is 34.9. The molecule has 1 fully saturated rings. The molecular formula is C63H99FN12O25Si. The molecule has 1 aromatic carbocycles. The molecule has 17 N–H and O–H groups in total. The molecule has 572 valence electrons. The third-order valence-electron chi connectivity index (χ3n) is 16.6. The molecule has 1 aromatic rings. The van der Waals surface area contributed by atoms with Crippen LogP contribution >= 0.6 is 0 Å². The zero-order chi connectivity index (χ0) is 77.2. The maximum absolute atomic E-state index is 17.2. The Morgan fingerprint density at radius 1 is 0.412 bits per heavy atom. The van der Waals surface area contributed by atoms with Crippen molar-refractivity contribution in [3.8, 4) is 0 Å². The van der Waals surface area contributed by atoms with Crippen LogP contribution in [0, 0.1) is 0 Å². The highest BCUT2D eigenvalue weighted by molar-refractivity contribution is 6.90. The Morgan fingerprint density at radius 3 is 1.23 bits per heavy atom. The molecule has 0 unspecified atom stereocenters. The second-order valence-electron chi connectivity index (χ2n) is 26.6. The number of carboxylic acid groups (broad SMARTS) is 9. The van der Waals surface area contributed by atoms with Crippen LogP contribution in [-0.4, -0.2) is 297 Å². The fraction of sp³-hybridized carbons (Fsp3) is 0.651. The van der Waals surface area contributed by atoms with E-state index in [0.717, 1.165) is 0 Å². The molecule has 1 heterocycles. The normalized spacial score (nSPS) is 15.6. The molecule has 0 spiro atoms. The number of nitrogens with one attached hydrogen (secondary N) is 8. The molecule has 1 aliphatic rings. The molecule has 0 bridgehead atoms. The first-order chi connectivity index (χ1) is 47.5. The number of carbonyl (C=O) groups excluding carboxylic acids is 7. The van der Waals surface area contributed by atoms with E-state index in [4.69, 9.17) is 5.11 Å². The van der Waals surface area contributed by atoms with Gasteiger partial charge in [0, 0.05) is 110 Å². The number of amides is 8. The van der Waals surface area contributed by atoms with Crippen LogP contribution in [0.2, 0.25) is 10.1 Å². The summed E-state index contributed by atoms with van der Waals surface area (Å²) in [5, 5.41) is 104. The van der Waals surface area contributed by atoms with Crippen molar-refractivity contribution in [2.75, 3.05) is 91.6 Å². The Morgan fingerprint density at radius 2 is 0.804 bits per heavy atom. The van der Waals surface area contributed by atoms with Crippen LogP contribution in [0.3, 0.4) is 0 Å². The number of hydrogen-bond donors (Lipinski definition) is 17. The quantitative estimate of drug-likeness (QED) is 0.0197. The minimum Gasteiger partial charge on any atom is -0.481 e. The first kappa shape index (κ1) is 88.6. The van der Waals surface area contributed by atoms with Gasteiger partial charge >= 0.3 is 59.8 Å². The second-order valence-corrected chi connectivity index (χ2v) is 31.5. The van der Waals surface area contributed by atoms with Gasteiger partial charge < -0.3 is 92.6 Å². The van der Waals surface area contributed by atoms with E-state index >= 15 is 4.11 Å². The van der Waals surface area contributed by atoms with Gasteiger partial charge in [-0.05, 0) is 78.8 Å². The van der Waals surface area contributed by atoms with Gasteiger partial charge in [-0.25, -0.2) is 24.0 Å². The summed E-state index contributed by atoms with van der Waals surface area (Å²) < 4.78 is 17.2. The van der Waals surface area contributed by atoms with Gasteiger partial charge in [-0.2, -0.15) is 0 Å². The number of urea groups is 1.